The summed E-state index contributed by atoms with van der Waals surface area (Å²) in [5.74, 6) is 1.78. The van der Waals surface area contributed by atoms with Gasteiger partial charge in [0.25, 0.3) is 0 Å². The third-order valence-corrected chi connectivity index (χ3v) is 3.27. The molecule has 18 heavy (non-hydrogen) atoms. The van der Waals surface area contributed by atoms with E-state index in [0.717, 1.165) is 31.3 Å². The highest BCUT2D eigenvalue weighted by Crippen LogP contribution is 2.10. The van der Waals surface area contributed by atoms with E-state index in [2.05, 4.69) is 38.0 Å². The van der Waals surface area contributed by atoms with Gasteiger partial charge in [-0.3, -0.25) is 4.90 Å². The fourth-order valence-electron chi connectivity index (χ4n) is 1.94. The van der Waals surface area contributed by atoms with E-state index in [1.807, 2.05) is 12.1 Å². The molecule has 1 aromatic heterocycles. The van der Waals surface area contributed by atoms with E-state index in [0.29, 0.717) is 6.04 Å². The third-order valence-electron chi connectivity index (χ3n) is 3.27. The van der Waals surface area contributed by atoms with Crippen molar-refractivity contribution in [3.8, 4) is 0 Å². The van der Waals surface area contributed by atoms with Crippen LogP contribution in [0.4, 0.5) is 0 Å². The van der Waals surface area contributed by atoms with Gasteiger partial charge in [-0.25, -0.2) is 0 Å². The van der Waals surface area contributed by atoms with Crippen LogP contribution in [0.1, 0.15) is 39.4 Å². The largest absolute Gasteiger partial charge is 0.468 e. The average Bonchev–Trinajstić information content (AvgIpc) is 2.80. The Labute approximate surface area is 112 Å². The van der Waals surface area contributed by atoms with Gasteiger partial charge in [0.1, 0.15) is 5.76 Å². The van der Waals surface area contributed by atoms with Crippen LogP contribution in [-0.4, -0.2) is 31.1 Å². The Morgan fingerprint density at radius 3 is 2.72 bits per heavy atom. The zero-order chi connectivity index (χ0) is 13.4. The Morgan fingerprint density at radius 1 is 1.33 bits per heavy atom. The first-order chi connectivity index (χ1) is 8.59. The molecule has 0 radical (unpaired) electrons. The smallest absolute Gasteiger partial charge is 0.117 e. The molecule has 0 saturated carbocycles. The van der Waals surface area contributed by atoms with Crippen molar-refractivity contribution in [2.45, 2.75) is 46.2 Å². The molecular formula is C15H28N2O. The second kappa shape index (κ2) is 8.33. The Kier molecular flexibility index (Phi) is 7.06. The SMILES string of the molecule is CC(C)CNCCCC(C)N(C)Cc1ccco1. The Balaban J connectivity index is 2.10. The van der Waals surface area contributed by atoms with Crippen LogP contribution in [0.25, 0.3) is 0 Å². The number of nitrogens with one attached hydrogen (secondary N) is 1. The summed E-state index contributed by atoms with van der Waals surface area (Å²) in [5, 5.41) is 3.49. The van der Waals surface area contributed by atoms with Crippen molar-refractivity contribution in [2.24, 2.45) is 5.92 Å². The summed E-state index contributed by atoms with van der Waals surface area (Å²) in [7, 11) is 2.16. The summed E-state index contributed by atoms with van der Waals surface area (Å²) >= 11 is 0. The highest BCUT2D eigenvalue weighted by Gasteiger charge is 2.10. The maximum absolute atomic E-state index is 5.37. The summed E-state index contributed by atoms with van der Waals surface area (Å²) in [4.78, 5) is 2.35. The minimum atomic E-state index is 0.593. The van der Waals surface area contributed by atoms with Gasteiger partial charge >= 0.3 is 0 Å². The molecule has 1 unspecified atom stereocenters. The third kappa shape index (κ3) is 6.22. The zero-order valence-electron chi connectivity index (χ0n) is 12.3. The predicted molar refractivity (Wildman–Crippen MR) is 76.6 cm³/mol. The highest BCUT2D eigenvalue weighted by molar-refractivity contribution is 4.97. The van der Waals surface area contributed by atoms with Crippen LogP contribution >= 0.6 is 0 Å². The van der Waals surface area contributed by atoms with Gasteiger partial charge < -0.3 is 9.73 Å². The molecule has 0 saturated heterocycles. The van der Waals surface area contributed by atoms with Crippen molar-refractivity contribution >= 4 is 0 Å². The van der Waals surface area contributed by atoms with E-state index < -0.39 is 0 Å². The Bertz CT molecular complexity index is 295. The van der Waals surface area contributed by atoms with E-state index in [9.17, 15) is 0 Å². The molecule has 0 fully saturated rings. The van der Waals surface area contributed by atoms with Gasteiger partial charge in [-0.05, 0) is 58.0 Å². The fraction of sp³-hybridized carbons (Fsp3) is 0.733. The van der Waals surface area contributed by atoms with E-state index >= 15 is 0 Å². The van der Waals surface area contributed by atoms with Gasteiger partial charge in [0.15, 0.2) is 0 Å². The molecule has 3 heteroatoms. The molecule has 1 heterocycles. The lowest BCUT2D eigenvalue weighted by molar-refractivity contribution is 0.217. The molecule has 0 aromatic carbocycles. The minimum absolute atomic E-state index is 0.593. The molecule has 104 valence electrons. The van der Waals surface area contributed by atoms with Crippen molar-refractivity contribution < 1.29 is 4.42 Å². The van der Waals surface area contributed by atoms with Gasteiger partial charge in [-0.1, -0.05) is 13.8 Å². The van der Waals surface area contributed by atoms with Crippen LogP contribution in [-0.2, 0) is 6.54 Å². The Hall–Kier alpha value is -0.800. The van der Waals surface area contributed by atoms with Crippen molar-refractivity contribution in [1.29, 1.82) is 0 Å². The summed E-state index contributed by atoms with van der Waals surface area (Å²) in [6, 6.07) is 4.58. The fourth-order valence-corrected chi connectivity index (χ4v) is 1.94. The van der Waals surface area contributed by atoms with Crippen molar-refractivity contribution in [3.63, 3.8) is 0 Å². The summed E-state index contributed by atoms with van der Waals surface area (Å²) in [6.45, 7) is 9.91. The monoisotopic (exact) mass is 252 g/mol. The van der Waals surface area contributed by atoms with E-state index in [4.69, 9.17) is 4.42 Å². The lowest BCUT2D eigenvalue weighted by Gasteiger charge is -2.23. The quantitative estimate of drug-likeness (QED) is 0.684. The summed E-state index contributed by atoms with van der Waals surface area (Å²) in [6.07, 6.45) is 4.20. The molecule has 1 atom stereocenters. The molecule has 1 N–H and O–H groups in total. The molecule has 3 nitrogen and oxygen atoms in total. The van der Waals surface area contributed by atoms with Crippen LogP contribution in [0.15, 0.2) is 22.8 Å². The van der Waals surface area contributed by atoms with Gasteiger partial charge in [0.2, 0.25) is 0 Å². The number of rotatable bonds is 9. The van der Waals surface area contributed by atoms with Crippen molar-refractivity contribution in [2.75, 3.05) is 20.1 Å². The maximum Gasteiger partial charge on any atom is 0.117 e. The normalized spacial score (nSPS) is 13.4. The number of furan rings is 1. The number of hydrogen-bond acceptors (Lipinski definition) is 3. The molecule has 0 aliphatic rings. The van der Waals surface area contributed by atoms with Gasteiger partial charge in [-0.2, -0.15) is 0 Å². The van der Waals surface area contributed by atoms with E-state index in [-0.39, 0.29) is 0 Å². The molecule has 0 bridgehead atoms. The molecule has 1 aromatic rings. The highest BCUT2D eigenvalue weighted by atomic mass is 16.3. The van der Waals surface area contributed by atoms with Crippen LogP contribution in [0.2, 0.25) is 0 Å². The number of nitrogens with zero attached hydrogens (tertiary/aromatic N) is 1. The molecular weight excluding hydrogens is 224 g/mol. The number of hydrogen-bond donors (Lipinski definition) is 1. The van der Waals surface area contributed by atoms with Crippen molar-refractivity contribution in [3.05, 3.63) is 24.2 Å². The van der Waals surface area contributed by atoms with Gasteiger partial charge in [-0.15, -0.1) is 0 Å². The molecule has 0 amide bonds. The predicted octanol–water partition coefficient (Wildman–Crippen LogP) is 3.13. The Morgan fingerprint density at radius 2 is 2.11 bits per heavy atom. The average molecular weight is 252 g/mol. The molecule has 0 aliphatic heterocycles. The topological polar surface area (TPSA) is 28.4 Å². The van der Waals surface area contributed by atoms with Gasteiger partial charge in [0, 0.05) is 6.04 Å². The maximum atomic E-state index is 5.37. The van der Waals surface area contributed by atoms with E-state index in [1.165, 1.54) is 12.8 Å². The second-order valence-electron chi connectivity index (χ2n) is 5.58. The molecule has 0 spiro atoms. The lowest BCUT2D eigenvalue weighted by atomic mass is 10.1. The van der Waals surface area contributed by atoms with Crippen LogP contribution < -0.4 is 5.32 Å². The zero-order valence-corrected chi connectivity index (χ0v) is 12.3. The second-order valence-corrected chi connectivity index (χ2v) is 5.58. The van der Waals surface area contributed by atoms with Crippen LogP contribution in [0.3, 0.4) is 0 Å². The molecule has 1 rings (SSSR count). The lowest BCUT2D eigenvalue weighted by Crippen LogP contribution is -2.29. The summed E-state index contributed by atoms with van der Waals surface area (Å²) < 4.78 is 5.37. The first kappa shape index (κ1) is 15.3. The van der Waals surface area contributed by atoms with Crippen LogP contribution in [0.5, 0.6) is 0 Å². The van der Waals surface area contributed by atoms with Gasteiger partial charge in [0.05, 0.1) is 12.8 Å². The summed E-state index contributed by atoms with van der Waals surface area (Å²) in [5.41, 5.74) is 0. The van der Waals surface area contributed by atoms with Crippen molar-refractivity contribution in [1.82, 2.24) is 10.2 Å². The first-order valence-electron chi connectivity index (χ1n) is 7.03. The molecule has 0 aliphatic carbocycles. The first-order valence-corrected chi connectivity index (χ1v) is 7.03. The standard InChI is InChI=1S/C15H28N2O/c1-13(2)11-16-9-5-7-14(3)17(4)12-15-8-6-10-18-15/h6,8,10,13-14,16H,5,7,9,11-12H2,1-4H3. The van der Waals surface area contributed by atoms with Crippen LogP contribution in [0, 0.1) is 5.92 Å². The minimum Gasteiger partial charge on any atom is -0.468 e. The van der Waals surface area contributed by atoms with E-state index in [1.54, 1.807) is 6.26 Å².